The monoisotopic (exact) mass is 280 g/mol. The van der Waals surface area contributed by atoms with Gasteiger partial charge in [-0.2, -0.15) is 25.8 Å². The highest BCUT2D eigenvalue weighted by Crippen LogP contribution is 2.30. The fraction of sp³-hybridized carbons (Fsp3) is 0.500. The Bertz CT molecular complexity index is 351. The molecule has 102 valence electrons. The first kappa shape index (κ1) is 15.2. The van der Waals surface area contributed by atoms with Crippen molar-refractivity contribution in [3.8, 4) is 5.75 Å². The zero-order chi connectivity index (χ0) is 13.6. The van der Waals surface area contributed by atoms with Crippen LogP contribution in [0.15, 0.2) is 24.3 Å². The summed E-state index contributed by atoms with van der Waals surface area (Å²) >= 11 is 4.10. The van der Waals surface area contributed by atoms with Gasteiger partial charge in [0.15, 0.2) is 0 Å². The van der Waals surface area contributed by atoms with Crippen molar-refractivity contribution in [3.63, 3.8) is 0 Å². The van der Waals surface area contributed by atoms with Crippen LogP contribution < -0.4 is 4.74 Å². The van der Waals surface area contributed by atoms with Gasteiger partial charge in [0.05, 0.1) is 5.56 Å². The lowest BCUT2D eigenvalue weighted by Gasteiger charge is -2.15. The quantitative estimate of drug-likeness (QED) is 0.805. The molecule has 0 amide bonds. The molecule has 2 nitrogen and oxygen atoms in total. The number of alkyl halides is 3. The van der Waals surface area contributed by atoms with Crippen molar-refractivity contribution in [1.29, 1.82) is 0 Å². The van der Waals surface area contributed by atoms with Crippen LogP contribution in [0.5, 0.6) is 5.75 Å². The predicted octanol–water partition coefficient (Wildman–Crippen LogP) is 3.42. The SMILES string of the molecule is CCOC(CS)COc1ccc(C(F)(F)F)cc1. The van der Waals surface area contributed by atoms with Gasteiger partial charge in [0, 0.05) is 12.4 Å². The van der Waals surface area contributed by atoms with Crippen LogP contribution in [0.4, 0.5) is 13.2 Å². The van der Waals surface area contributed by atoms with Gasteiger partial charge in [-0.25, -0.2) is 0 Å². The number of hydrogen-bond donors (Lipinski definition) is 1. The number of halogens is 3. The van der Waals surface area contributed by atoms with E-state index in [1.54, 1.807) is 0 Å². The lowest BCUT2D eigenvalue weighted by atomic mass is 10.2. The molecule has 0 aliphatic rings. The minimum absolute atomic E-state index is 0.166. The van der Waals surface area contributed by atoms with Crippen LogP contribution in [0.25, 0.3) is 0 Å². The number of rotatable bonds is 6. The third-order valence-electron chi connectivity index (χ3n) is 2.22. The van der Waals surface area contributed by atoms with E-state index in [-0.39, 0.29) is 12.7 Å². The Labute approximate surface area is 109 Å². The van der Waals surface area contributed by atoms with E-state index in [9.17, 15) is 13.2 Å². The standard InChI is InChI=1S/C12H15F3O2S/c1-2-16-11(8-18)7-17-10-5-3-9(4-6-10)12(13,14)15/h3-6,11,18H,2,7-8H2,1H3. The Morgan fingerprint density at radius 2 is 1.83 bits per heavy atom. The average Bonchev–Trinajstić information content (AvgIpc) is 2.34. The van der Waals surface area contributed by atoms with Crippen LogP contribution in [-0.2, 0) is 10.9 Å². The summed E-state index contributed by atoms with van der Waals surface area (Å²) in [5.74, 6) is 0.878. The Hall–Kier alpha value is -0.880. The minimum atomic E-state index is -4.32. The average molecular weight is 280 g/mol. The fourth-order valence-corrected chi connectivity index (χ4v) is 1.53. The summed E-state index contributed by atoms with van der Waals surface area (Å²) in [7, 11) is 0. The molecule has 0 spiro atoms. The van der Waals surface area contributed by atoms with E-state index in [1.165, 1.54) is 12.1 Å². The molecule has 0 heterocycles. The molecule has 0 N–H and O–H groups in total. The predicted molar refractivity (Wildman–Crippen MR) is 66.2 cm³/mol. The van der Waals surface area contributed by atoms with Crippen molar-refractivity contribution in [1.82, 2.24) is 0 Å². The van der Waals surface area contributed by atoms with Gasteiger partial charge < -0.3 is 9.47 Å². The highest BCUT2D eigenvalue weighted by Gasteiger charge is 2.30. The molecule has 0 aliphatic carbocycles. The van der Waals surface area contributed by atoms with Crippen molar-refractivity contribution < 1.29 is 22.6 Å². The molecule has 1 rings (SSSR count). The van der Waals surface area contributed by atoms with Gasteiger partial charge >= 0.3 is 6.18 Å². The highest BCUT2D eigenvalue weighted by molar-refractivity contribution is 7.80. The number of hydrogen-bond acceptors (Lipinski definition) is 3. The second-order valence-electron chi connectivity index (χ2n) is 3.59. The van der Waals surface area contributed by atoms with Crippen molar-refractivity contribution in [2.75, 3.05) is 19.0 Å². The summed E-state index contributed by atoms with van der Waals surface area (Å²) in [6, 6.07) is 4.58. The van der Waals surface area contributed by atoms with E-state index in [0.29, 0.717) is 18.1 Å². The molecule has 0 aliphatic heterocycles. The van der Waals surface area contributed by atoms with Crippen LogP contribution in [0, 0.1) is 0 Å². The van der Waals surface area contributed by atoms with E-state index in [4.69, 9.17) is 9.47 Å². The Balaban J connectivity index is 2.53. The van der Waals surface area contributed by atoms with Crippen molar-refractivity contribution >= 4 is 12.6 Å². The molecule has 0 aromatic heterocycles. The first-order valence-electron chi connectivity index (χ1n) is 5.50. The molecule has 18 heavy (non-hydrogen) atoms. The van der Waals surface area contributed by atoms with Crippen LogP contribution in [-0.4, -0.2) is 25.1 Å². The van der Waals surface area contributed by atoms with Gasteiger partial charge in [-0.15, -0.1) is 0 Å². The summed E-state index contributed by atoms with van der Waals surface area (Å²) < 4.78 is 47.6. The molecule has 1 aromatic rings. The van der Waals surface area contributed by atoms with Crippen LogP contribution in [0.1, 0.15) is 12.5 Å². The molecule has 0 saturated carbocycles. The fourth-order valence-electron chi connectivity index (χ4n) is 1.32. The third-order valence-corrected chi connectivity index (χ3v) is 2.63. The topological polar surface area (TPSA) is 18.5 Å². The van der Waals surface area contributed by atoms with Gasteiger partial charge in [0.25, 0.3) is 0 Å². The van der Waals surface area contributed by atoms with Crippen LogP contribution in [0.3, 0.4) is 0 Å². The third kappa shape index (κ3) is 4.78. The molecule has 0 bridgehead atoms. The lowest BCUT2D eigenvalue weighted by molar-refractivity contribution is -0.137. The summed E-state index contributed by atoms with van der Waals surface area (Å²) in [5, 5.41) is 0. The largest absolute Gasteiger partial charge is 0.491 e. The van der Waals surface area contributed by atoms with Crippen molar-refractivity contribution in [2.45, 2.75) is 19.2 Å². The van der Waals surface area contributed by atoms with Gasteiger partial charge in [-0.05, 0) is 31.2 Å². The molecular weight excluding hydrogens is 265 g/mol. The molecule has 1 atom stereocenters. The summed E-state index contributed by atoms with van der Waals surface area (Å²) in [6.45, 7) is 2.67. The van der Waals surface area contributed by atoms with E-state index in [0.717, 1.165) is 12.1 Å². The highest BCUT2D eigenvalue weighted by atomic mass is 32.1. The zero-order valence-corrected chi connectivity index (χ0v) is 10.8. The van der Waals surface area contributed by atoms with Crippen LogP contribution in [0.2, 0.25) is 0 Å². The van der Waals surface area contributed by atoms with E-state index in [1.807, 2.05) is 6.92 Å². The Morgan fingerprint density at radius 1 is 1.22 bits per heavy atom. The second-order valence-corrected chi connectivity index (χ2v) is 3.96. The van der Waals surface area contributed by atoms with Gasteiger partial charge in [0.1, 0.15) is 18.5 Å². The van der Waals surface area contributed by atoms with Gasteiger partial charge in [-0.1, -0.05) is 0 Å². The normalized spacial score (nSPS) is 13.4. The van der Waals surface area contributed by atoms with Crippen molar-refractivity contribution in [3.05, 3.63) is 29.8 Å². The molecule has 0 saturated heterocycles. The number of thiol groups is 1. The Morgan fingerprint density at radius 3 is 2.28 bits per heavy atom. The van der Waals surface area contributed by atoms with E-state index in [2.05, 4.69) is 12.6 Å². The lowest BCUT2D eigenvalue weighted by Crippen LogP contribution is -2.23. The van der Waals surface area contributed by atoms with Gasteiger partial charge in [0.2, 0.25) is 0 Å². The molecule has 0 fully saturated rings. The van der Waals surface area contributed by atoms with Crippen molar-refractivity contribution in [2.24, 2.45) is 0 Å². The first-order valence-corrected chi connectivity index (χ1v) is 6.13. The second kappa shape index (κ2) is 6.89. The minimum Gasteiger partial charge on any atom is -0.491 e. The Kier molecular flexibility index (Phi) is 5.81. The van der Waals surface area contributed by atoms with E-state index >= 15 is 0 Å². The molecule has 1 aromatic carbocycles. The molecule has 6 heteroatoms. The summed E-state index contributed by atoms with van der Waals surface area (Å²) in [6.07, 6.45) is -4.49. The zero-order valence-electron chi connectivity index (χ0n) is 9.91. The molecule has 1 unspecified atom stereocenters. The smallest absolute Gasteiger partial charge is 0.416 e. The number of ether oxygens (including phenoxy) is 2. The summed E-state index contributed by atoms with van der Waals surface area (Å²) in [4.78, 5) is 0. The van der Waals surface area contributed by atoms with Gasteiger partial charge in [-0.3, -0.25) is 0 Å². The van der Waals surface area contributed by atoms with Crippen LogP contribution >= 0.6 is 12.6 Å². The first-order chi connectivity index (χ1) is 8.47. The number of benzene rings is 1. The molecule has 0 radical (unpaired) electrons. The molecular formula is C12H15F3O2S. The summed E-state index contributed by atoms with van der Waals surface area (Å²) in [5.41, 5.74) is -0.689. The maximum atomic E-state index is 12.3. The van der Waals surface area contributed by atoms with E-state index < -0.39 is 11.7 Å². The maximum Gasteiger partial charge on any atom is 0.416 e. The maximum absolute atomic E-state index is 12.3.